The molecule has 2 aromatic rings. The highest BCUT2D eigenvalue weighted by Crippen LogP contribution is 2.46. The molecule has 2 heterocycles. The second kappa shape index (κ2) is 6.18. The molecule has 1 fully saturated rings. The molecule has 26 heavy (non-hydrogen) atoms. The third kappa shape index (κ3) is 2.84. The minimum Gasteiger partial charge on any atom is -0.476 e. The van der Waals surface area contributed by atoms with Crippen LogP contribution in [0.2, 0.25) is 0 Å². The van der Waals surface area contributed by atoms with E-state index in [0.717, 1.165) is 16.7 Å². The summed E-state index contributed by atoms with van der Waals surface area (Å²) in [6, 6.07) is 13.4. The van der Waals surface area contributed by atoms with Gasteiger partial charge >= 0.3 is 11.8 Å². The van der Waals surface area contributed by atoms with Crippen LogP contribution in [0.3, 0.4) is 0 Å². The number of hydrogen-bond acceptors (Lipinski definition) is 4. The Bertz CT molecular complexity index is 873. The third-order valence-electron chi connectivity index (χ3n) is 4.77. The number of carbonyl (C=O) groups is 1. The van der Waals surface area contributed by atoms with Gasteiger partial charge in [-0.05, 0) is 36.3 Å². The fourth-order valence-corrected chi connectivity index (χ4v) is 3.36. The molecule has 0 amide bonds. The van der Waals surface area contributed by atoms with Crippen LogP contribution in [0.25, 0.3) is 0 Å². The molecule has 5 nitrogen and oxygen atoms in total. The molecule has 3 atom stereocenters. The van der Waals surface area contributed by atoms with Crippen LogP contribution in [-0.2, 0) is 16.0 Å². The van der Waals surface area contributed by atoms with E-state index in [1.165, 1.54) is 0 Å². The number of benzene rings is 2. The Balaban J connectivity index is 1.64. The van der Waals surface area contributed by atoms with Gasteiger partial charge in [-0.2, -0.15) is 0 Å². The van der Waals surface area contributed by atoms with Gasteiger partial charge in [0.15, 0.2) is 0 Å². The van der Waals surface area contributed by atoms with E-state index in [0.29, 0.717) is 17.9 Å². The number of rotatable bonds is 5. The molecular weight excluding hydrogens is 332 g/mol. The Kier molecular flexibility index (Phi) is 3.96. The van der Waals surface area contributed by atoms with Crippen molar-refractivity contribution in [2.75, 3.05) is 0 Å². The first-order valence-corrected chi connectivity index (χ1v) is 8.61. The number of epoxide rings is 1. The quantitative estimate of drug-likeness (QED) is 0.829. The van der Waals surface area contributed by atoms with E-state index in [2.05, 4.69) is 0 Å². The number of carboxylic acid groups (broad SMARTS) is 1. The molecule has 0 bridgehead atoms. The maximum Gasteiger partial charge on any atom is 0.380 e. The molecule has 4 rings (SSSR count). The van der Waals surface area contributed by atoms with Crippen molar-refractivity contribution in [1.29, 1.82) is 0 Å². The lowest BCUT2D eigenvalue weighted by molar-refractivity contribution is -0.154. The smallest absolute Gasteiger partial charge is 0.380 e. The van der Waals surface area contributed by atoms with Crippen LogP contribution in [-0.4, -0.2) is 23.0 Å². The van der Waals surface area contributed by atoms with Gasteiger partial charge in [-0.25, -0.2) is 4.79 Å². The molecule has 5 heteroatoms. The number of hydrogen-bond donors (Lipinski definition) is 1. The molecule has 2 aromatic carbocycles. The molecule has 0 aliphatic carbocycles. The molecule has 2 aliphatic heterocycles. The van der Waals surface area contributed by atoms with Gasteiger partial charge in [0.1, 0.15) is 17.6 Å². The Labute approximate surface area is 151 Å². The van der Waals surface area contributed by atoms with Gasteiger partial charge in [0.25, 0.3) is 0 Å². The fourth-order valence-electron chi connectivity index (χ4n) is 3.36. The molecular formula is C21H20O5. The highest BCUT2D eigenvalue weighted by Gasteiger charge is 2.66. The lowest BCUT2D eigenvalue weighted by Gasteiger charge is -2.23. The standard InChI is InChI=1S/C21H20O5/c1-13-10-16-19(14(2)8-9-24-16)17(11-13)25-21(20(22)23)18(26-21)12-15-6-4-3-5-7-15/h3-11,14,18H,12H2,1-2H3,(H,22,23). The molecule has 0 aromatic heterocycles. The van der Waals surface area contributed by atoms with Crippen LogP contribution >= 0.6 is 0 Å². The van der Waals surface area contributed by atoms with Gasteiger partial charge in [-0.15, -0.1) is 0 Å². The van der Waals surface area contributed by atoms with Crippen LogP contribution in [0.5, 0.6) is 11.5 Å². The van der Waals surface area contributed by atoms with E-state index >= 15 is 0 Å². The second-order valence-corrected chi connectivity index (χ2v) is 6.78. The zero-order chi connectivity index (χ0) is 18.3. The maximum absolute atomic E-state index is 11.9. The Hall–Kier alpha value is -2.79. The van der Waals surface area contributed by atoms with Gasteiger partial charge in [0.2, 0.25) is 0 Å². The second-order valence-electron chi connectivity index (χ2n) is 6.78. The van der Waals surface area contributed by atoms with Gasteiger partial charge < -0.3 is 19.3 Å². The summed E-state index contributed by atoms with van der Waals surface area (Å²) in [6.45, 7) is 3.94. The van der Waals surface area contributed by atoms with Crippen molar-refractivity contribution >= 4 is 5.97 Å². The number of ether oxygens (including phenoxy) is 3. The van der Waals surface area contributed by atoms with Gasteiger partial charge in [0.05, 0.1) is 6.26 Å². The molecule has 1 saturated heterocycles. The van der Waals surface area contributed by atoms with Crippen molar-refractivity contribution in [3.05, 3.63) is 71.5 Å². The predicted octanol–water partition coefficient (Wildman–Crippen LogP) is 3.81. The van der Waals surface area contributed by atoms with Crippen LogP contribution in [0.15, 0.2) is 54.8 Å². The first-order chi connectivity index (χ1) is 12.5. The molecule has 0 spiro atoms. The van der Waals surface area contributed by atoms with Crippen molar-refractivity contribution in [2.45, 2.75) is 38.1 Å². The Morgan fingerprint density at radius 3 is 2.77 bits per heavy atom. The van der Waals surface area contributed by atoms with Crippen molar-refractivity contribution in [3.8, 4) is 11.5 Å². The van der Waals surface area contributed by atoms with E-state index in [4.69, 9.17) is 14.2 Å². The van der Waals surface area contributed by atoms with Crippen LogP contribution in [0.1, 0.15) is 29.5 Å². The van der Waals surface area contributed by atoms with E-state index in [1.807, 2.05) is 62.4 Å². The van der Waals surface area contributed by atoms with Crippen molar-refractivity contribution in [1.82, 2.24) is 0 Å². The molecule has 134 valence electrons. The predicted molar refractivity (Wildman–Crippen MR) is 95.4 cm³/mol. The van der Waals surface area contributed by atoms with Crippen LogP contribution in [0, 0.1) is 6.92 Å². The Morgan fingerprint density at radius 1 is 1.27 bits per heavy atom. The summed E-state index contributed by atoms with van der Waals surface area (Å²) >= 11 is 0. The average Bonchev–Trinajstić information content (AvgIpc) is 3.29. The first kappa shape index (κ1) is 16.7. The van der Waals surface area contributed by atoms with Crippen molar-refractivity contribution in [2.24, 2.45) is 0 Å². The van der Waals surface area contributed by atoms with Crippen LogP contribution < -0.4 is 9.47 Å². The molecule has 0 radical (unpaired) electrons. The number of aliphatic carboxylic acids is 1. The lowest BCUT2D eigenvalue weighted by atomic mass is 9.96. The summed E-state index contributed by atoms with van der Waals surface area (Å²) in [5, 5.41) is 9.76. The van der Waals surface area contributed by atoms with E-state index in [9.17, 15) is 9.90 Å². The van der Waals surface area contributed by atoms with E-state index < -0.39 is 17.9 Å². The largest absolute Gasteiger partial charge is 0.476 e. The number of fused-ring (bicyclic) bond motifs is 1. The first-order valence-electron chi connectivity index (χ1n) is 8.61. The zero-order valence-corrected chi connectivity index (χ0v) is 14.6. The fraction of sp³-hybridized carbons (Fsp3) is 0.286. The van der Waals surface area contributed by atoms with E-state index in [1.54, 1.807) is 6.26 Å². The van der Waals surface area contributed by atoms with Crippen LogP contribution in [0.4, 0.5) is 0 Å². The molecule has 2 aliphatic rings. The van der Waals surface area contributed by atoms with Crippen molar-refractivity contribution in [3.63, 3.8) is 0 Å². The highest BCUT2D eigenvalue weighted by molar-refractivity contribution is 5.80. The highest BCUT2D eigenvalue weighted by atomic mass is 16.8. The molecule has 3 unspecified atom stereocenters. The number of allylic oxidation sites excluding steroid dienone is 1. The topological polar surface area (TPSA) is 68.3 Å². The zero-order valence-electron chi connectivity index (χ0n) is 14.6. The number of carboxylic acids is 1. The van der Waals surface area contributed by atoms with Gasteiger partial charge in [0, 0.05) is 17.9 Å². The summed E-state index contributed by atoms with van der Waals surface area (Å²) < 4.78 is 17.1. The monoisotopic (exact) mass is 352 g/mol. The SMILES string of the molecule is Cc1cc2c(c(OC3(C(=O)O)OC3Cc3ccccc3)c1)C(C)C=CO2. The Morgan fingerprint density at radius 2 is 2.04 bits per heavy atom. The van der Waals surface area contributed by atoms with Gasteiger partial charge in [-0.3, -0.25) is 0 Å². The minimum atomic E-state index is -1.65. The maximum atomic E-state index is 11.9. The lowest BCUT2D eigenvalue weighted by Crippen LogP contribution is -2.35. The summed E-state index contributed by atoms with van der Waals surface area (Å²) in [7, 11) is 0. The summed E-state index contributed by atoms with van der Waals surface area (Å²) in [6.07, 6.45) is 3.50. The number of aryl methyl sites for hydroxylation is 1. The summed E-state index contributed by atoms with van der Waals surface area (Å²) in [4.78, 5) is 11.9. The summed E-state index contributed by atoms with van der Waals surface area (Å²) in [5.41, 5.74) is 2.78. The summed E-state index contributed by atoms with van der Waals surface area (Å²) in [5.74, 6) is -1.52. The van der Waals surface area contributed by atoms with E-state index in [-0.39, 0.29) is 5.92 Å². The van der Waals surface area contributed by atoms with Gasteiger partial charge in [-0.1, -0.05) is 37.3 Å². The minimum absolute atomic E-state index is 0.0616. The average molecular weight is 352 g/mol. The normalized spacial score (nSPS) is 25.9. The molecule has 0 saturated carbocycles. The third-order valence-corrected chi connectivity index (χ3v) is 4.77. The van der Waals surface area contributed by atoms with Crippen molar-refractivity contribution < 1.29 is 24.1 Å². The molecule has 1 N–H and O–H groups in total.